The monoisotopic (exact) mass is 238 g/mol. The average molecular weight is 238 g/mol. The molecule has 5 nitrogen and oxygen atoms in total. The quantitative estimate of drug-likeness (QED) is 0.805. The van der Waals surface area contributed by atoms with E-state index in [4.69, 9.17) is 9.47 Å². The zero-order valence-corrected chi connectivity index (χ0v) is 9.84. The van der Waals surface area contributed by atoms with Gasteiger partial charge in [-0.05, 0) is 25.7 Å². The van der Waals surface area contributed by atoms with Crippen molar-refractivity contribution in [2.75, 3.05) is 19.8 Å². The van der Waals surface area contributed by atoms with Gasteiger partial charge < -0.3 is 14.6 Å². The van der Waals surface area contributed by atoms with Crippen molar-refractivity contribution in [2.24, 2.45) is 0 Å². The van der Waals surface area contributed by atoms with Gasteiger partial charge in [0.25, 0.3) is 0 Å². The van der Waals surface area contributed by atoms with Gasteiger partial charge in [-0.2, -0.15) is 5.10 Å². The van der Waals surface area contributed by atoms with E-state index in [2.05, 4.69) is 5.10 Å². The number of nitrogens with zero attached hydrogens (tertiary/aromatic N) is 2. The van der Waals surface area contributed by atoms with Crippen LogP contribution in [-0.4, -0.2) is 40.3 Å². The summed E-state index contributed by atoms with van der Waals surface area (Å²) in [4.78, 5) is 0. The fourth-order valence-electron chi connectivity index (χ4n) is 2.85. The molecule has 2 aliphatic heterocycles. The van der Waals surface area contributed by atoms with Gasteiger partial charge >= 0.3 is 0 Å². The molecule has 0 aromatic carbocycles. The Morgan fingerprint density at radius 3 is 2.88 bits per heavy atom. The third-order valence-electron chi connectivity index (χ3n) is 3.83. The number of aromatic hydroxyl groups is 1. The van der Waals surface area contributed by atoms with Crippen LogP contribution in [0.1, 0.15) is 31.7 Å². The minimum absolute atomic E-state index is 0.0251. The zero-order chi connectivity index (χ0) is 11.7. The van der Waals surface area contributed by atoms with Crippen molar-refractivity contribution in [2.45, 2.75) is 37.3 Å². The summed E-state index contributed by atoms with van der Waals surface area (Å²) in [6, 6.07) is 0.336. The highest BCUT2D eigenvalue weighted by molar-refractivity contribution is 5.09. The molecule has 1 unspecified atom stereocenters. The SMILES string of the molecule is Oc1cnn(C2CCOC3(CCOCC3)C2)c1. The van der Waals surface area contributed by atoms with E-state index in [-0.39, 0.29) is 11.4 Å². The molecule has 5 heteroatoms. The lowest BCUT2D eigenvalue weighted by Gasteiger charge is -2.43. The Hall–Kier alpha value is -1.07. The second kappa shape index (κ2) is 4.31. The maximum absolute atomic E-state index is 9.35. The number of hydrogen-bond donors (Lipinski definition) is 1. The fourth-order valence-corrected chi connectivity index (χ4v) is 2.85. The highest BCUT2D eigenvalue weighted by Crippen LogP contribution is 2.39. The van der Waals surface area contributed by atoms with Crippen molar-refractivity contribution in [1.29, 1.82) is 0 Å². The van der Waals surface area contributed by atoms with Gasteiger partial charge in [0.15, 0.2) is 5.75 Å². The molecule has 3 rings (SSSR count). The lowest BCUT2D eigenvalue weighted by molar-refractivity contribution is -0.145. The molecule has 1 atom stereocenters. The summed E-state index contributed by atoms with van der Waals surface area (Å²) >= 11 is 0. The van der Waals surface area contributed by atoms with Crippen LogP contribution in [0.4, 0.5) is 0 Å². The third kappa shape index (κ3) is 2.17. The van der Waals surface area contributed by atoms with E-state index >= 15 is 0 Å². The first-order chi connectivity index (χ1) is 8.27. The molecule has 0 aliphatic carbocycles. The van der Waals surface area contributed by atoms with E-state index in [0.717, 1.165) is 45.5 Å². The molecule has 1 N–H and O–H groups in total. The summed E-state index contributed by atoms with van der Waals surface area (Å²) in [5.74, 6) is 0.234. The predicted molar refractivity (Wildman–Crippen MR) is 60.9 cm³/mol. The second-order valence-electron chi connectivity index (χ2n) is 4.97. The molecular weight excluding hydrogens is 220 g/mol. The van der Waals surface area contributed by atoms with Gasteiger partial charge in [0.05, 0.1) is 24.0 Å². The standard InChI is InChI=1S/C12H18N2O3/c15-11-8-13-14(9-11)10-1-4-17-12(7-10)2-5-16-6-3-12/h8-10,15H,1-7H2. The molecule has 2 saturated heterocycles. The summed E-state index contributed by atoms with van der Waals surface area (Å²) in [5.41, 5.74) is -0.0251. The molecule has 2 aliphatic rings. The summed E-state index contributed by atoms with van der Waals surface area (Å²) in [7, 11) is 0. The fraction of sp³-hybridized carbons (Fsp3) is 0.750. The van der Waals surface area contributed by atoms with Crippen LogP contribution in [-0.2, 0) is 9.47 Å². The van der Waals surface area contributed by atoms with E-state index in [1.165, 1.54) is 6.20 Å². The second-order valence-corrected chi connectivity index (χ2v) is 4.97. The average Bonchev–Trinajstić information content (AvgIpc) is 2.77. The molecule has 0 saturated carbocycles. The van der Waals surface area contributed by atoms with Crippen LogP contribution < -0.4 is 0 Å². The molecule has 3 heterocycles. The van der Waals surface area contributed by atoms with Crippen LogP contribution >= 0.6 is 0 Å². The maximum Gasteiger partial charge on any atom is 0.153 e. The Morgan fingerprint density at radius 2 is 2.18 bits per heavy atom. The lowest BCUT2D eigenvalue weighted by Crippen LogP contribution is -2.44. The first-order valence-corrected chi connectivity index (χ1v) is 6.22. The Kier molecular flexibility index (Phi) is 2.80. The van der Waals surface area contributed by atoms with E-state index in [1.807, 2.05) is 4.68 Å². The number of rotatable bonds is 1. The van der Waals surface area contributed by atoms with Gasteiger partial charge in [-0.25, -0.2) is 0 Å². The zero-order valence-electron chi connectivity index (χ0n) is 9.84. The minimum atomic E-state index is -0.0251. The van der Waals surface area contributed by atoms with Gasteiger partial charge in [-0.3, -0.25) is 4.68 Å². The van der Waals surface area contributed by atoms with Crippen LogP contribution in [0.25, 0.3) is 0 Å². The van der Waals surface area contributed by atoms with E-state index < -0.39 is 0 Å². The van der Waals surface area contributed by atoms with E-state index in [1.54, 1.807) is 6.20 Å². The molecule has 1 aromatic rings. The first-order valence-electron chi connectivity index (χ1n) is 6.22. The van der Waals surface area contributed by atoms with Crippen molar-refractivity contribution < 1.29 is 14.6 Å². The number of aromatic nitrogens is 2. The molecule has 0 radical (unpaired) electrons. The van der Waals surface area contributed by atoms with Crippen LogP contribution in [0, 0.1) is 0 Å². The molecule has 2 fully saturated rings. The Morgan fingerprint density at radius 1 is 1.35 bits per heavy atom. The minimum Gasteiger partial charge on any atom is -0.505 e. The Labute approximate surface area is 100 Å². The van der Waals surface area contributed by atoms with Gasteiger partial charge in [-0.1, -0.05) is 0 Å². The van der Waals surface area contributed by atoms with Crippen molar-refractivity contribution in [1.82, 2.24) is 9.78 Å². The maximum atomic E-state index is 9.35. The molecule has 1 aromatic heterocycles. The van der Waals surface area contributed by atoms with Gasteiger partial charge in [0.1, 0.15) is 0 Å². The van der Waals surface area contributed by atoms with Gasteiger partial charge in [0.2, 0.25) is 0 Å². The third-order valence-corrected chi connectivity index (χ3v) is 3.83. The molecule has 94 valence electrons. The largest absolute Gasteiger partial charge is 0.505 e. The summed E-state index contributed by atoms with van der Waals surface area (Å²) in [6.45, 7) is 2.35. The Bertz CT molecular complexity index is 379. The van der Waals surface area contributed by atoms with Gasteiger partial charge in [-0.15, -0.1) is 0 Å². The van der Waals surface area contributed by atoms with Crippen LogP contribution in [0.5, 0.6) is 5.75 Å². The topological polar surface area (TPSA) is 56.5 Å². The smallest absolute Gasteiger partial charge is 0.153 e. The highest BCUT2D eigenvalue weighted by atomic mass is 16.5. The molecule has 0 bridgehead atoms. The first kappa shape index (κ1) is 11.0. The highest BCUT2D eigenvalue weighted by Gasteiger charge is 2.39. The van der Waals surface area contributed by atoms with E-state index in [0.29, 0.717) is 6.04 Å². The predicted octanol–water partition coefficient (Wildman–Crippen LogP) is 1.49. The number of ether oxygens (including phenoxy) is 2. The van der Waals surface area contributed by atoms with Crippen molar-refractivity contribution in [3.63, 3.8) is 0 Å². The normalized spacial score (nSPS) is 28.4. The van der Waals surface area contributed by atoms with Crippen LogP contribution in [0.15, 0.2) is 12.4 Å². The van der Waals surface area contributed by atoms with Gasteiger partial charge in [0, 0.05) is 19.8 Å². The van der Waals surface area contributed by atoms with E-state index in [9.17, 15) is 5.11 Å². The summed E-state index contributed by atoms with van der Waals surface area (Å²) < 4.78 is 13.3. The summed E-state index contributed by atoms with van der Waals surface area (Å²) in [5, 5.41) is 13.5. The molecule has 0 amide bonds. The number of hydrogen-bond acceptors (Lipinski definition) is 4. The molecular formula is C12H18N2O3. The Balaban J connectivity index is 1.74. The van der Waals surface area contributed by atoms with Crippen molar-refractivity contribution >= 4 is 0 Å². The van der Waals surface area contributed by atoms with Crippen LogP contribution in [0.3, 0.4) is 0 Å². The molecule has 1 spiro atoms. The molecule has 17 heavy (non-hydrogen) atoms. The lowest BCUT2D eigenvalue weighted by atomic mass is 9.84. The summed E-state index contributed by atoms with van der Waals surface area (Å²) in [6.07, 6.45) is 7.06. The van der Waals surface area contributed by atoms with Crippen molar-refractivity contribution in [3.8, 4) is 5.75 Å². The van der Waals surface area contributed by atoms with Crippen molar-refractivity contribution in [3.05, 3.63) is 12.4 Å². The van der Waals surface area contributed by atoms with Crippen LogP contribution in [0.2, 0.25) is 0 Å².